The number of carbonyl (C=O) groups is 2. The van der Waals surface area contributed by atoms with Crippen LogP contribution in [0.4, 0.5) is 0 Å². The quantitative estimate of drug-likeness (QED) is 0.507. The molecule has 0 aliphatic carbocycles. The lowest BCUT2D eigenvalue weighted by Gasteiger charge is -2.12. The minimum Gasteiger partial charge on any atom is -0.466 e. The van der Waals surface area contributed by atoms with Crippen LogP contribution in [0.1, 0.15) is 47.0 Å². The lowest BCUT2D eigenvalue weighted by atomic mass is 9.92. The van der Waals surface area contributed by atoms with Crippen LogP contribution in [-0.4, -0.2) is 18.9 Å². The van der Waals surface area contributed by atoms with Crippen LogP contribution in [0.15, 0.2) is 11.6 Å². The Morgan fingerprint density at radius 2 is 1.82 bits per heavy atom. The number of ketones is 1. The molecule has 0 bridgehead atoms. The van der Waals surface area contributed by atoms with Gasteiger partial charge in [0.2, 0.25) is 0 Å². The highest BCUT2D eigenvalue weighted by Gasteiger charge is 2.11. The van der Waals surface area contributed by atoms with E-state index in [9.17, 15) is 9.59 Å². The fourth-order valence-corrected chi connectivity index (χ4v) is 1.97. The molecule has 1 atom stereocenters. The summed E-state index contributed by atoms with van der Waals surface area (Å²) in [6.45, 7) is 8.19. The minimum atomic E-state index is -0.398. The molecule has 0 aromatic rings. The Morgan fingerprint density at radius 1 is 1.24 bits per heavy atom. The highest BCUT2D eigenvalue weighted by atomic mass is 16.5. The lowest BCUT2D eigenvalue weighted by Crippen LogP contribution is -2.09. The molecule has 0 rings (SSSR count). The highest BCUT2D eigenvalue weighted by Crippen LogP contribution is 2.16. The van der Waals surface area contributed by atoms with E-state index in [0.29, 0.717) is 24.7 Å². The fraction of sp³-hybridized carbons (Fsp3) is 0.714. The smallest absolute Gasteiger partial charge is 0.330 e. The topological polar surface area (TPSA) is 43.4 Å². The van der Waals surface area contributed by atoms with Crippen molar-refractivity contribution in [2.75, 3.05) is 7.11 Å². The van der Waals surface area contributed by atoms with Crippen LogP contribution >= 0.6 is 0 Å². The van der Waals surface area contributed by atoms with Crippen molar-refractivity contribution in [3.05, 3.63) is 11.6 Å². The van der Waals surface area contributed by atoms with E-state index < -0.39 is 5.97 Å². The van der Waals surface area contributed by atoms with Gasteiger partial charge in [-0.2, -0.15) is 0 Å². The molecular weight excluding hydrogens is 216 g/mol. The summed E-state index contributed by atoms with van der Waals surface area (Å²) in [7, 11) is 1.33. The highest BCUT2D eigenvalue weighted by molar-refractivity contribution is 5.86. The molecule has 0 heterocycles. The third-order valence-corrected chi connectivity index (χ3v) is 2.49. The van der Waals surface area contributed by atoms with Crippen LogP contribution < -0.4 is 0 Å². The second kappa shape index (κ2) is 8.04. The molecule has 0 amide bonds. The first kappa shape index (κ1) is 15.9. The van der Waals surface area contributed by atoms with E-state index in [0.717, 1.165) is 12.0 Å². The zero-order chi connectivity index (χ0) is 13.4. The van der Waals surface area contributed by atoms with Crippen molar-refractivity contribution in [2.45, 2.75) is 47.0 Å². The number of esters is 1. The van der Waals surface area contributed by atoms with E-state index in [1.165, 1.54) is 13.2 Å². The van der Waals surface area contributed by atoms with E-state index >= 15 is 0 Å². The first-order chi connectivity index (χ1) is 7.85. The Hall–Kier alpha value is -1.12. The number of methoxy groups -OCH3 is 1. The van der Waals surface area contributed by atoms with E-state index in [-0.39, 0.29) is 5.78 Å². The maximum atomic E-state index is 11.7. The number of rotatable bonds is 7. The van der Waals surface area contributed by atoms with Gasteiger partial charge in [0.25, 0.3) is 0 Å². The Bertz CT molecular complexity index is 290. The molecule has 98 valence electrons. The van der Waals surface area contributed by atoms with Gasteiger partial charge in [-0.3, -0.25) is 4.79 Å². The second-order valence-electron chi connectivity index (χ2n) is 5.17. The van der Waals surface area contributed by atoms with Crippen molar-refractivity contribution in [3.63, 3.8) is 0 Å². The maximum absolute atomic E-state index is 11.7. The first-order valence-corrected chi connectivity index (χ1v) is 6.12. The summed E-state index contributed by atoms with van der Waals surface area (Å²) >= 11 is 0. The summed E-state index contributed by atoms with van der Waals surface area (Å²) in [6, 6.07) is 0. The van der Waals surface area contributed by atoms with Crippen molar-refractivity contribution < 1.29 is 14.3 Å². The van der Waals surface area contributed by atoms with Gasteiger partial charge < -0.3 is 4.74 Å². The van der Waals surface area contributed by atoms with Gasteiger partial charge in [0.15, 0.2) is 0 Å². The van der Waals surface area contributed by atoms with Crippen molar-refractivity contribution in [2.24, 2.45) is 11.8 Å². The SMILES string of the molecule is COC(=O)C=C(C)CC(=O)CC(C)CC(C)C. The minimum absolute atomic E-state index is 0.191. The Labute approximate surface area is 104 Å². The van der Waals surface area contributed by atoms with Gasteiger partial charge in [0.05, 0.1) is 7.11 Å². The normalized spacial score (nSPS) is 13.6. The third kappa shape index (κ3) is 8.66. The molecule has 0 radical (unpaired) electrons. The monoisotopic (exact) mass is 240 g/mol. The van der Waals surface area contributed by atoms with Gasteiger partial charge >= 0.3 is 5.97 Å². The third-order valence-electron chi connectivity index (χ3n) is 2.49. The van der Waals surface area contributed by atoms with E-state index in [4.69, 9.17) is 0 Å². The molecular formula is C14H24O3. The zero-order valence-electron chi connectivity index (χ0n) is 11.6. The maximum Gasteiger partial charge on any atom is 0.330 e. The summed E-state index contributed by atoms with van der Waals surface area (Å²) in [4.78, 5) is 22.7. The standard InChI is InChI=1S/C14H24O3/c1-10(2)6-11(3)7-13(15)8-12(4)9-14(16)17-5/h9-11H,6-8H2,1-5H3. The molecule has 1 unspecified atom stereocenters. The number of hydrogen-bond donors (Lipinski definition) is 0. The predicted octanol–water partition coefficient (Wildman–Crippen LogP) is 3.14. The van der Waals surface area contributed by atoms with Crippen molar-refractivity contribution in [1.82, 2.24) is 0 Å². The van der Waals surface area contributed by atoms with Gasteiger partial charge in [0, 0.05) is 18.9 Å². The number of ether oxygens (including phenoxy) is 1. The summed E-state index contributed by atoms with van der Waals surface area (Å²) in [6.07, 6.45) is 3.37. The summed E-state index contributed by atoms with van der Waals surface area (Å²) in [5, 5.41) is 0. The van der Waals surface area contributed by atoms with E-state index in [2.05, 4.69) is 25.5 Å². The molecule has 0 N–H and O–H groups in total. The molecule has 3 nitrogen and oxygen atoms in total. The summed E-state index contributed by atoms with van der Waals surface area (Å²) in [5.74, 6) is 0.819. The van der Waals surface area contributed by atoms with E-state index in [1.54, 1.807) is 6.92 Å². The van der Waals surface area contributed by atoms with Crippen molar-refractivity contribution >= 4 is 11.8 Å². The molecule has 0 aromatic carbocycles. The number of hydrogen-bond acceptors (Lipinski definition) is 3. The number of carbonyl (C=O) groups excluding carboxylic acids is 2. The van der Waals surface area contributed by atoms with Gasteiger partial charge in [-0.1, -0.05) is 26.3 Å². The molecule has 17 heavy (non-hydrogen) atoms. The summed E-state index contributed by atoms with van der Waals surface area (Å²) < 4.78 is 4.51. The Morgan fingerprint density at radius 3 is 2.29 bits per heavy atom. The molecule has 0 saturated carbocycles. The molecule has 0 aromatic heterocycles. The molecule has 3 heteroatoms. The second-order valence-corrected chi connectivity index (χ2v) is 5.17. The van der Waals surface area contributed by atoms with Crippen LogP contribution in [-0.2, 0) is 14.3 Å². The Kier molecular flexibility index (Phi) is 7.51. The van der Waals surface area contributed by atoms with Gasteiger partial charge in [-0.25, -0.2) is 4.79 Å². The average molecular weight is 240 g/mol. The molecule has 0 saturated heterocycles. The molecule has 0 spiro atoms. The van der Waals surface area contributed by atoms with Crippen molar-refractivity contribution in [1.29, 1.82) is 0 Å². The van der Waals surface area contributed by atoms with E-state index in [1.807, 2.05) is 0 Å². The fourth-order valence-electron chi connectivity index (χ4n) is 1.97. The number of Topliss-reactive ketones (excluding diaryl/α,β-unsaturated/α-hetero) is 1. The van der Waals surface area contributed by atoms with Gasteiger partial charge in [0.1, 0.15) is 5.78 Å². The first-order valence-electron chi connectivity index (χ1n) is 6.12. The largest absolute Gasteiger partial charge is 0.466 e. The lowest BCUT2D eigenvalue weighted by molar-refractivity contribution is -0.134. The van der Waals surface area contributed by atoms with Crippen LogP contribution in [0, 0.1) is 11.8 Å². The molecule has 0 aliphatic heterocycles. The van der Waals surface area contributed by atoms with Crippen molar-refractivity contribution in [3.8, 4) is 0 Å². The molecule has 0 fully saturated rings. The summed E-state index contributed by atoms with van der Waals surface area (Å²) in [5.41, 5.74) is 0.763. The number of allylic oxidation sites excluding steroid dienone is 1. The average Bonchev–Trinajstić information content (AvgIpc) is 2.14. The van der Waals surface area contributed by atoms with Gasteiger partial charge in [-0.15, -0.1) is 0 Å². The van der Waals surface area contributed by atoms with Gasteiger partial charge in [-0.05, 0) is 25.2 Å². The van der Waals surface area contributed by atoms with Crippen LogP contribution in [0.5, 0.6) is 0 Å². The Balaban J connectivity index is 4.09. The predicted molar refractivity (Wildman–Crippen MR) is 68.6 cm³/mol. The molecule has 0 aliphatic rings. The van der Waals surface area contributed by atoms with Crippen LogP contribution in [0.25, 0.3) is 0 Å². The van der Waals surface area contributed by atoms with Crippen LogP contribution in [0.2, 0.25) is 0 Å². The zero-order valence-corrected chi connectivity index (χ0v) is 11.6. The van der Waals surface area contributed by atoms with Crippen LogP contribution in [0.3, 0.4) is 0 Å².